The van der Waals surface area contributed by atoms with Gasteiger partial charge in [-0.25, -0.2) is 0 Å². The molecule has 0 unspecified atom stereocenters. The predicted molar refractivity (Wildman–Crippen MR) is 102 cm³/mol. The van der Waals surface area contributed by atoms with Crippen molar-refractivity contribution in [2.75, 3.05) is 0 Å². The molecular weight excluding hydrogens is 396 g/mol. The van der Waals surface area contributed by atoms with Crippen molar-refractivity contribution < 1.29 is 33.6 Å². The second kappa shape index (κ2) is 8.11. The molecule has 0 atom stereocenters. The standard InChI is InChI=1S/C16H27NO8P2/c1-5-15(6-2,26(20,21)22)12-9-10-13(14(11-12)17(18)19)16(7-3,8-4)27(23,24)25/h9-11H,5-8H2,1-4H3,(H2,20,21,22)(H2,23,24,25). The van der Waals surface area contributed by atoms with E-state index in [1.165, 1.54) is 26.0 Å². The molecule has 0 heterocycles. The maximum Gasteiger partial charge on any atom is 0.336 e. The molecule has 0 aliphatic heterocycles. The molecule has 0 bridgehead atoms. The number of nitrogens with zero attached hydrogens (tertiary/aromatic N) is 1. The molecule has 1 aromatic rings. The van der Waals surface area contributed by atoms with Crippen LogP contribution in [0.5, 0.6) is 0 Å². The Morgan fingerprint density at radius 3 is 1.59 bits per heavy atom. The van der Waals surface area contributed by atoms with E-state index in [2.05, 4.69) is 0 Å². The van der Waals surface area contributed by atoms with E-state index in [1.807, 2.05) is 0 Å². The summed E-state index contributed by atoms with van der Waals surface area (Å²) in [6, 6.07) is 3.62. The van der Waals surface area contributed by atoms with E-state index in [4.69, 9.17) is 0 Å². The fourth-order valence-corrected chi connectivity index (χ4v) is 6.43. The molecule has 9 nitrogen and oxygen atoms in total. The van der Waals surface area contributed by atoms with E-state index in [1.54, 1.807) is 13.8 Å². The zero-order chi connectivity index (χ0) is 21.3. The van der Waals surface area contributed by atoms with Gasteiger partial charge in [0, 0.05) is 11.6 Å². The maximum atomic E-state index is 12.2. The van der Waals surface area contributed by atoms with Gasteiger partial charge < -0.3 is 19.6 Å². The van der Waals surface area contributed by atoms with Crippen LogP contribution >= 0.6 is 15.2 Å². The molecule has 0 saturated carbocycles. The van der Waals surface area contributed by atoms with Crippen molar-refractivity contribution in [1.82, 2.24) is 0 Å². The van der Waals surface area contributed by atoms with Gasteiger partial charge in [0.2, 0.25) is 0 Å². The van der Waals surface area contributed by atoms with Crippen LogP contribution in [-0.4, -0.2) is 24.5 Å². The molecule has 1 rings (SSSR count). The summed E-state index contributed by atoms with van der Waals surface area (Å²) in [5, 5.41) is 8.35. The van der Waals surface area contributed by atoms with Crippen molar-refractivity contribution in [1.29, 1.82) is 0 Å². The Kier molecular flexibility index (Phi) is 7.20. The van der Waals surface area contributed by atoms with Crippen molar-refractivity contribution in [3.05, 3.63) is 39.4 Å². The van der Waals surface area contributed by atoms with Gasteiger partial charge in [0.1, 0.15) is 5.16 Å². The normalized spacial score (nSPS) is 13.6. The third-order valence-corrected chi connectivity index (χ3v) is 9.68. The lowest BCUT2D eigenvalue weighted by atomic mass is 9.86. The number of nitro benzene ring substituents is 1. The van der Waals surface area contributed by atoms with Crippen LogP contribution in [-0.2, 0) is 19.4 Å². The van der Waals surface area contributed by atoms with E-state index in [0.717, 1.165) is 6.07 Å². The summed E-state index contributed by atoms with van der Waals surface area (Å²) in [5.74, 6) is 0. The third kappa shape index (κ3) is 3.90. The second-order valence-corrected chi connectivity index (χ2v) is 10.4. The first-order chi connectivity index (χ1) is 12.3. The SMILES string of the molecule is CCC(CC)(c1ccc(C(CC)(CC)P(=O)(O)O)c([N+](=O)[O-])c1)P(=O)(O)O. The van der Waals surface area contributed by atoms with Crippen LogP contribution in [0.4, 0.5) is 5.69 Å². The molecule has 4 N–H and O–H groups in total. The summed E-state index contributed by atoms with van der Waals surface area (Å²) in [5.41, 5.74) is -0.580. The van der Waals surface area contributed by atoms with E-state index >= 15 is 0 Å². The van der Waals surface area contributed by atoms with Gasteiger partial charge in [0.25, 0.3) is 5.69 Å². The molecule has 27 heavy (non-hydrogen) atoms. The number of rotatable bonds is 9. The van der Waals surface area contributed by atoms with E-state index in [-0.39, 0.29) is 36.8 Å². The summed E-state index contributed by atoms with van der Waals surface area (Å²) in [4.78, 5) is 50.5. The first-order valence-electron chi connectivity index (χ1n) is 8.68. The molecule has 154 valence electrons. The molecule has 0 amide bonds. The minimum absolute atomic E-state index is 0.0286. The molecule has 11 heteroatoms. The van der Waals surface area contributed by atoms with Crippen LogP contribution in [0.3, 0.4) is 0 Å². The van der Waals surface area contributed by atoms with Gasteiger partial charge >= 0.3 is 15.2 Å². The van der Waals surface area contributed by atoms with Gasteiger partial charge in [-0.3, -0.25) is 19.2 Å². The summed E-state index contributed by atoms with van der Waals surface area (Å²) in [7, 11) is -9.41. The largest absolute Gasteiger partial charge is 0.336 e. The monoisotopic (exact) mass is 423 g/mol. The van der Waals surface area contributed by atoms with Crippen LogP contribution in [0.1, 0.15) is 64.5 Å². The van der Waals surface area contributed by atoms with Crippen LogP contribution in [0.15, 0.2) is 18.2 Å². The van der Waals surface area contributed by atoms with Crippen LogP contribution < -0.4 is 0 Å². The van der Waals surface area contributed by atoms with Crippen molar-refractivity contribution >= 4 is 20.9 Å². The van der Waals surface area contributed by atoms with Crippen LogP contribution in [0.25, 0.3) is 0 Å². The van der Waals surface area contributed by atoms with Gasteiger partial charge in [-0.2, -0.15) is 0 Å². The number of hydrogen-bond acceptors (Lipinski definition) is 4. The van der Waals surface area contributed by atoms with E-state index in [9.17, 15) is 38.8 Å². The summed E-state index contributed by atoms with van der Waals surface area (Å²) >= 11 is 0. The highest BCUT2D eigenvalue weighted by Crippen LogP contribution is 2.64. The summed E-state index contributed by atoms with van der Waals surface area (Å²) in [6.07, 6.45) is 0.0449. The minimum Gasteiger partial charge on any atom is -0.324 e. The van der Waals surface area contributed by atoms with Gasteiger partial charge in [0.05, 0.1) is 10.1 Å². The summed E-state index contributed by atoms with van der Waals surface area (Å²) in [6.45, 7) is 6.25. The smallest absolute Gasteiger partial charge is 0.324 e. The van der Waals surface area contributed by atoms with Crippen LogP contribution in [0, 0.1) is 10.1 Å². The Bertz CT molecular complexity index is 790. The third-order valence-electron chi connectivity index (χ3n) is 5.69. The number of nitro groups is 1. The Morgan fingerprint density at radius 1 is 0.889 bits per heavy atom. The first kappa shape index (κ1) is 24.0. The topological polar surface area (TPSA) is 158 Å². The molecular formula is C16H27NO8P2. The average Bonchev–Trinajstić information content (AvgIpc) is 2.56. The highest BCUT2D eigenvalue weighted by atomic mass is 31.2. The minimum atomic E-state index is -4.76. The van der Waals surface area contributed by atoms with Gasteiger partial charge in [-0.05, 0) is 31.2 Å². The van der Waals surface area contributed by atoms with Crippen molar-refractivity contribution in [2.24, 2.45) is 0 Å². The Balaban J connectivity index is 3.90. The molecule has 0 fully saturated rings. The lowest BCUT2D eigenvalue weighted by Gasteiger charge is -2.35. The van der Waals surface area contributed by atoms with Gasteiger partial charge in [-0.15, -0.1) is 0 Å². The predicted octanol–water partition coefficient (Wildman–Crippen LogP) is 3.98. The zero-order valence-electron chi connectivity index (χ0n) is 15.8. The Hall–Kier alpha value is -1.08. The molecule has 0 aliphatic rings. The zero-order valence-corrected chi connectivity index (χ0v) is 17.6. The fourth-order valence-electron chi connectivity index (χ4n) is 3.80. The molecule has 0 aliphatic carbocycles. The Morgan fingerprint density at radius 2 is 1.30 bits per heavy atom. The molecule has 0 spiro atoms. The first-order valence-corrected chi connectivity index (χ1v) is 11.9. The van der Waals surface area contributed by atoms with Crippen molar-refractivity contribution in [3.8, 4) is 0 Å². The highest BCUT2D eigenvalue weighted by molar-refractivity contribution is 7.53. The van der Waals surface area contributed by atoms with E-state index < -0.39 is 36.1 Å². The lowest BCUT2D eigenvalue weighted by Crippen LogP contribution is -2.28. The van der Waals surface area contributed by atoms with Crippen molar-refractivity contribution in [2.45, 2.75) is 63.7 Å². The fraction of sp³-hybridized carbons (Fsp3) is 0.625. The van der Waals surface area contributed by atoms with Gasteiger partial charge in [-0.1, -0.05) is 39.8 Å². The summed E-state index contributed by atoms with van der Waals surface area (Å²) < 4.78 is 24.3. The second-order valence-electron chi connectivity index (χ2n) is 6.55. The molecule has 0 radical (unpaired) electrons. The number of benzene rings is 1. The quantitative estimate of drug-likeness (QED) is 0.264. The van der Waals surface area contributed by atoms with E-state index in [0.29, 0.717) is 0 Å². The highest BCUT2D eigenvalue weighted by Gasteiger charge is 2.51. The molecule has 1 aromatic carbocycles. The van der Waals surface area contributed by atoms with Gasteiger partial charge in [0.15, 0.2) is 0 Å². The maximum absolute atomic E-state index is 12.2. The van der Waals surface area contributed by atoms with Crippen molar-refractivity contribution in [3.63, 3.8) is 0 Å². The van der Waals surface area contributed by atoms with Crippen LogP contribution in [0.2, 0.25) is 0 Å². The molecule has 0 saturated heterocycles. The lowest BCUT2D eigenvalue weighted by molar-refractivity contribution is -0.386. The number of hydrogen-bond donors (Lipinski definition) is 4. The average molecular weight is 423 g/mol. The Labute approximate surface area is 158 Å². The molecule has 0 aromatic heterocycles.